The maximum absolute atomic E-state index is 10.7. The Morgan fingerprint density at radius 3 is 2.65 bits per heavy atom. The molecule has 3 N–H and O–H groups in total. The summed E-state index contributed by atoms with van der Waals surface area (Å²) < 4.78 is 1.88. The largest absolute Gasteiger partial charge is 0.481 e. The predicted molar refractivity (Wildman–Crippen MR) is 88.5 cm³/mol. The topological polar surface area (TPSA) is 107 Å². The zero-order valence-corrected chi connectivity index (χ0v) is 13.0. The molecule has 0 radical (unpaired) electrons. The molecule has 2 heterocycles. The number of nitrogen functional groups attached to an aromatic ring is 1. The summed E-state index contributed by atoms with van der Waals surface area (Å²) in [6.45, 7) is 0.617. The first-order valence-electron chi connectivity index (χ1n) is 6.86. The van der Waals surface area contributed by atoms with E-state index in [2.05, 4.69) is 15.0 Å². The number of imidazole rings is 1. The molecule has 0 bridgehead atoms. The van der Waals surface area contributed by atoms with E-state index >= 15 is 0 Å². The molecule has 120 valence electrons. The first kappa shape index (κ1) is 16.7. The second-order valence-electron chi connectivity index (χ2n) is 4.95. The van der Waals surface area contributed by atoms with Gasteiger partial charge in [-0.25, -0.2) is 9.97 Å². The number of aromatic nitrogens is 4. The van der Waals surface area contributed by atoms with Crippen molar-refractivity contribution in [2.45, 2.75) is 19.4 Å². The lowest BCUT2D eigenvalue weighted by molar-refractivity contribution is -0.136. The van der Waals surface area contributed by atoms with Crippen LogP contribution in [0.3, 0.4) is 0 Å². The maximum atomic E-state index is 10.7. The van der Waals surface area contributed by atoms with E-state index in [4.69, 9.17) is 10.8 Å². The summed E-state index contributed by atoms with van der Waals surface area (Å²) >= 11 is 0. The van der Waals surface area contributed by atoms with Crippen LogP contribution in [0.15, 0.2) is 36.7 Å². The Morgan fingerprint density at radius 1 is 1.22 bits per heavy atom. The number of aliphatic carboxylic acids is 1. The molecule has 3 rings (SSSR count). The van der Waals surface area contributed by atoms with Gasteiger partial charge in [0, 0.05) is 6.42 Å². The summed E-state index contributed by atoms with van der Waals surface area (Å²) in [6, 6.07) is 9.93. The van der Waals surface area contributed by atoms with Gasteiger partial charge < -0.3 is 15.4 Å². The summed E-state index contributed by atoms with van der Waals surface area (Å²) in [5, 5.41) is 8.82. The van der Waals surface area contributed by atoms with Crippen LogP contribution in [0.4, 0.5) is 5.95 Å². The Morgan fingerprint density at radius 2 is 1.96 bits per heavy atom. The second-order valence-corrected chi connectivity index (χ2v) is 4.95. The molecule has 1 aromatic carbocycles. The van der Waals surface area contributed by atoms with E-state index in [1.807, 2.05) is 34.9 Å². The van der Waals surface area contributed by atoms with Gasteiger partial charge in [-0.05, 0) is 5.56 Å². The normalized spacial score (nSPS) is 10.4. The maximum Gasteiger partial charge on any atom is 0.303 e. The molecule has 0 aliphatic carbocycles. The van der Waals surface area contributed by atoms with Crippen molar-refractivity contribution in [1.82, 2.24) is 19.5 Å². The number of aryl methyl sites for hydroxylation is 1. The summed E-state index contributed by atoms with van der Waals surface area (Å²) in [7, 11) is 0. The highest BCUT2D eigenvalue weighted by atomic mass is 35.5. The minimum Gasteiger partial charge on any atom is -0.481 e. The summed E-state index contributed by atoms with van der Waals surface area (Å²) in [4.78, 5) is 23.4. The van der Waals surface area contributed by atoms with Crippen LogP contribution in [0.5, 0.6) is 0 Å². The van der Waals surface area contributed by atoms with Crippen LogP contribution >= 0.6 is 12.4 Å². The number of nitrogens with two attached hydrogens (primary N) is 1. The van der Waals surface area contributed by atoms with Gasteiger partial charge in [-0.1, -0.05) is 30.3 Å². The van der Waals surface area contributed by atoms with E-state index in [1.54, 1.807) is 6.33 Å². The second kappa shape index (κ2) is 7.06. The van der Waals surface area contributed by atoms with Gasteiger partial charge in [-0.3, -0.25) is 4.79 Å². The molecule has 8 heteroatoms. The standard InChI is InChI=1S/C15H15N5O2.ClH/c16-15-18-11(6-7-12(21)22)13-14(19-15)20(9-17-13)8-10-4-2-1-3-5-10;/h1-5,9H,6-8H2,(H,21,22)(H2,16,18,19);1H. The van der Waals surface area contributed by atoms with E-state index in [0.29, 0.717) is 23.4 Å². The van der Waals surface area contributed by atoms with Gasteiger partial charge in [0.1, 0.15) is 5.52 Å². The quantitative estimate of drug-likeness (QED) is 0.738. The van der Waals surface area contributed by atoms with Crippen molar-refractivity contribution in [3.05, 3.63) is 47.9 Å². The summed E-state index contributed by atoms with van der Waals surface area (Å²) in [5.41, 5.74) is 8.65. The van der Waals surface area contributed by atoms with E-state index in [-0.39, 0.29) is 31.2 Å². The van der Waals surface area contributed by atoms with Gasteiger partial charge >= 0.3 is 5.97 Å². The van der Waals surface area contributed by atoms with Crippen LogP contribution in [-0.4, -0.2) is 30.6 Å². The number of rotatable bonds is 5. The Labute approximate surface area is 138 Å². The van der Waals surface area contributed by atoms with E-state index in [1.165, 1.54) is 0 Å². The van der Waals surface area contributed by atoms with Crippen molar-refractivity contribution >= 4 is 35.5 Å². The predicted octanol–water partition coefficient (Wildman–Crippen LogP) is 1.90. The Bertz CT molecular complexity index is 819. The van der Waals surface area contributed by atoms with Crippen LogP contribution in [0.1, 0.15) is 17.7 Å². The number of benzene rings is 1. The molecule has 7 nitrogen and oxygen atoms in total. The highest BCUT2D eigenvalue weighted by Crippen LogP contribution is 2.18. The summed E-state index contributed by atoms with van der Waals surface area (Å²) in [5.74, 6) is -0.753. The highest BCUT2D eigenvalue weighted by Gasteiger charge is 2.13. The molecule has 0 atom stereocenters. The number of carbonyl (C=O) groups is 1. The third kappa shape index (κ3) is 3.75. The molecule has 0 aliphatic heterocycles. The SMILES string of the molecule is Cl.Nc1nc(CCC(=O)O)c2ncn(Cc3ccccc3)c2n1. The fourth-order valence-corrected chi connectivity index (χ4v) is 2.32. The molecule has 3 aromatic rings. The zero-order valence-electron chi connectivity index (χ0n) is 12.2. The number of hydrogen-bond acceptors (Lipinski definition) is 5. The molecule has 0 spiro atoms. The number of nitrogens with zero attached hydrogens (tertiary/aromatic N) is 4. The van der Waals surface area contributed by atoms with Crippen LogP contribution in [0.2, 0.25) is 0 Å². The molecule has 23 heavy (non-hydrogen) atoms. The molecule has 0 unspecified atom stereocenters. The van der Waals surface area contributed by atoms with Gasteiger partial charge in [0.15, 0.2) is 5.65 Å². The molecule has 0 saturated carbocycles. The summed E-state index contributed by atoms with van der Waals surface area (Å²) in [6.07, 6.45) is 1.94. The number of hydrogen-bond donors (Lipinski definition) is 2. The molecular weight excluding hydrogens is 318 g/mol. The molecule has 2 aromatic heterocycles. The van der Waals surface area contributed by atoms with Crippen LogP contribution in [0.25, 0.3) is 11.2 Å². The van der Waals surface area contributed by atoms with Crippen LogP contribution in [-0.2, 0) is 17.8 Å². The van der Waals surface area contributed by atoms with Crippen molar-refractivity contribution < 1.29 is 9.90 Å². The number of anilines is 1. The Balaban J connectivity index is 0.00000192. The van der Waals surface area contributed by atoms with Gasteiger partial charge in [0.05, 0.1) is 25.0 Å². The molecular formula is C15H16ClN5O2. The lowest BCUT2D eigenvalue weighted by atomic mass is 10.2. The fourth-order valence-electron chi connectivity index (χ4n) is 2.32. The zero-order chi connectivity index (χ0) is 15.5. The van der Waals surface area contributed by atoms with Crippen LogP contribution < -0.4 is 5.73 Å². The number of halogens is 1. The minimum absolute atomic E-state index is 0. The number of carboxylic acid groups (broad SMARTS) is 1. The molecule has 0 amide bonds. The van der Waals surface area contributed by atoms with E-state index in [0.717, 1.165) is 5.56 Å². The first-order chi connectivity index (χ1) is 10.6. The van der Waals surface area contributed by atoms with Gasteiger partial charge in [0.25, 0.3) is 0 Å². The van der Waals surface area contributed by atoms with Crippen LogP contribution in [0, 0.1) is 0 Å². The average molecular weight is 334 g/mol. The smallest absolute Gasteiger partial charge is 0.303 e. The monoisotopic (exact) mass is 333 g/mol. The lowest BCUT2D eigenvalue weighted by Gasteiger charge is -2.05. The van der Waals surface area contributed by atoms with E-state index < -0.39 is 5.97 Å². The van der Waals surface area contributed by atoms with Gasteiger partial charge in [-0.2, -0.15) is 4.98 Å². The van der Waals surface area contributed by atoms with Gasteiger partial charge in [0.2, 0.25) is 5.95 Å². The average Bonchev–Trinajstić information content (AvgIpc) is 2.89. The Kier molecular flexibility index (Phi) is 5.13. The first-order valence-corrected chi connectivity index (χ1v) is 6.86. The van der Waals surface area contributed by atoms with Crippen molar-refractivity contribution in [2.75, 3.05) is 5.73 Å². The highest BCUT2D eigenvalue weighted by molar-refractivity contribution is 5.85. The minimum atomic E-state index is -0.881. The van der Waals surface area contributed by atoms with Gasteiger partial charge in [-0.15, -0.1) is 12.4 Å². The molecule has 0 fully saturated rings. The van der Waals surface area contributed by atoms with Crippen molar-refractivity contribution in [1.29, 1.82) is 0 Å². The van der Waals surface area contributed by atoms with Crippen molar-refractivity contribution in [3.63, 3.8) is 0 Å². The number of carboxylic acids is 1. The lowest BCUT2D eigenvalue weighted by Crippen LogP contribution is -2.06. The van der Waals surface area contributed by atoms with Crippen molar-refractivity contribution in [3.8, 4) is 0 Å². The van der Waals surface area contributed by atoms with Crippen molar-refractivity contribution in [2.24, 2.45) is 0 Å². The molecule has 0 aliphatic rings. The fraction of sp³-hybridized carbons (Fsp3) is 0.200. The number of fused-ring (bicyclic) bond motifs is 1. The third-order valence-electron chi connectivity index (χ3n) is 3.32. The molecule has 0 saturated heterocycles. The third-order valence-corrected chi connectivity index (χ3v) is 3.32. The Hall–Kier alpha value is -2.67. The van der Waals surface area contributed by atoms with E-state index in [9.17, 15) is 4.79 Å².